The van der Waals surface area contributed by atoms with Crippen LogP contribution in [0.4, 0.5) is 18.9 Å². The summed E-state index contributed by atoms with van der Waals surface area (Å²) in [5, 5.41) is -0.181. The van der Waals surface area contributed by atoms with Gasteiger partial charge in [0.2, 0.25) is 0 Å². The van der Waals surface area contributed by atoms with Crippen molar-refractivity contribution in [1.82, 2.24) is 0 Å². The molecule has 0 saturated carbocycles. The van der Waals surface area contributed by atoms with Gasteiger partial charge in [-0.15, -0.1) is 0 Å². The highest BCUT2D eigenvalue weighted by atomic mass is 35.5. The SMILES string of the molecule is CCN(c1ccccc1)S(=O)(=O)c1ccc(Cl)cc1C(F)(F)F. The van der Waals surface area contributed by atoms with Crippen LogP contribution in [0.25, 0.3) is 0 Å². The van der Waals surface area contributed by atoms with Crippen LogP contribution in [0.2, 0.25) is 5.02 Å². The van der Waals surface area contributed by atoms with Gasteiger partial charge in [-0.05, 0) is 37.3 Å². The third-order valence-electron chi connectivity index (χ3n) is 3.15. The minimum atomic E-state index is -4.83. The molecule has 0 saturated heterocycles. The maximum absolute atomic E-state index is 13.2. The van der Waals surface area contributed by atoms with Crippen LogP contribution in [0.3, 0.4) is 0 Å². The molecular formula is C15H13ClF3NO2S. The molecule has 0 heterocycles. The van der Waals surface area contributed by atoms with Crippen LogP contribution in [0.5, 0.6) is 0 Å². The molecule has 0 atom stereocenters. The Hall–Kier alpha value is -1.73. The Morgan fingerprint density at radius 2 is 1.70 bits per heavy atom. The number of rotatable bonds is 4. The van der Waals surface area contributed by atoms with Gasteiger partial charge in [-0.2, -0.15) is 13.2 Å². The number of hydrogen-bond acceptors (Lipinski definition) is 2. The van der Waals surface area contributed by atoms with E-state index in [1.807, 2.05) is 0 Å². The minimum absolute atomic E-state index is 0.00767. The molecule has 8 heteroatoms. The standard InChI is InChI=1S/C15H13ClF3NO2S/c1-2-20(12-6-4-3-5-7-12)23(21,22)14-9-8-11(16)10-13(14)15(17,18)19/h3-10H,2H2,1H3. The third-order valence-corrected chi connectivity index (χ3v) is 5.34. The van der Waals surface area contributed by atoms with Crippen molar-refractivity contribution >= 4 is 27.3 Å². The molecule has 23 heavy (non-hydrogen) atoms. The van der Waals surface area contributed by atoms with Gasteiger partial charge in [0.15, 0.2) is 0 Å². The van der Waals surface area contributed by atoms with Gasteiger partial charge in [0.25, 0.3) is 10.0 Å². The van der Waals surface area contributed by atoms with Gasteiger partial charge in [0.1, 0.15) is 0 Å². The van der Waals surface area contributed by atoms with Gasteiger partial charge in [0, 0.05) is 11.6 Å². The molecule has 2 aromatic carbocycles. The summed E-state index contributed by atoms with van der Waals surface area (Å²) in [6.07, 6.45) is -4.83. The summed E-state index contributed by atoms with van der Waals surface area (Å²) in [7, 11) is -4.38. The molecule has 0 N–H and O–H groups in total. The Bertz CT molecular complexity index is 792. The zero-order valence-corrected chi connectivity index (χ0v) is 13.6. The number of sulfonamides is 1. The molecule has 0 fully saturated rings. The highest BCUT2D eigenvalue weighted by molar-refractivity contribution is 7.92. The van der Waals surface area contributed by atoms with E-state index in [2.05, 4.69) is 0 Å². The van der Waals surface area contributed by atoms with Crippen LogP contribution in [0.15, 0.2) is 53.4 Å². The summed E-state index contributed by atoms with van der Waals surface area (Å²) in [5.74, 6) is 0. The second-order valence-corrected chi connectivity index (χ2v) is 6.91. The van der Waals surface area contributed by atoms with E-state index in [4.69, 9.17) is 11.6 Å². The van der Waals surface area contributed by atoms with E-state index in [1.165, 1.54) is 12.1 Å². The monoisotopic (exact) mass is 363 g/mol. The lowest BCUT2D eigenvalue weighted by atomic mass is 10.2. The fraction of sp³-hybridized carbons (Fsp3) is 0.200. The van der Waals surface area contributed by atoms with Crippen molar-refractivity contribution in [3.05, 3.63) is 59.1 Å². The van der Waals surface area contributed by atoms with Crippen molar-refractivity contribution in [2.75, 3.05) is 10.8 Å². The van der Waals surface area contributed by atoms with Crippen LogP contribution in [0, 0.1) is 0 Å². The fourth-order valence-electron chi connectivity index (χ4n) is 2.15. The largest absolute Gasteiger partial charge is 0.417 e. The molecule has 0 unspecified atom stereocenters. The Balaban J connectivity index is 2.64. The van der Waals surface area contributed by atoms with Crippen LogP contribution < -0.4 is 4.31 Å². The number of benzene rings is 2. The number of alkyl halides is 3. The summed E-state index contributed by atoms with van der Waals surface area (Å²) in [5.41, 5.74) is -0.988. The molecule has 3 nitrogen and oxygen atoms in total. The second-order valence-electron chi connectivity index (χ2n) is 4.64. The van der Waals surface area contributed by atoms with E-state index in [0.717, 1.165) is 16.4 Å². The van der Waals surface area contributed by atoms with Gasteiger partial charge in [-0.3, -0.25) is 4.31 Å². The van der Waals surface area contributed by atoms with Crippen LogP contribution in [-0.2, 0) is 16.2 Å². The van der Waals surface area contributed by atoms with Crippen molar-refractivity contribution in [3.63, 3.8) is 0 Å². The second kappa shape index (κ2) is 6.41. The molecular weight excluding hydrogens is 351 g/mol. The van der Waals surface area contributed by atoms with Crippen molar-refractivity contribution in [2.24, 2.45) is 0 Å². The molecule has 0 spiro atoms. The highest BCUT2D eigenvalue weighted by Gasteiger charge is 2.39. The highest BCUT2D eigenvalue weighted by Crippen LogP contribution is 2.37. The van der Waals surface area contributed by atoms with Gasteiger partial charge in [-0.25, -0.2) is 8.42 Å². The van der Waals surface area contributed by atoms with Crippen molar-refractivity contribution < 1.29 is 21.6 Å². The summed E-state index contributed by atoms with van der Waals surface area (Å²) >= 11 is 5.59. The van der Waals surface area contributed by atoms with Gasteiger partial charge in [-0.1, -0.05) is 29.8 Å². The first kappa shape index (κ1) is 17.6. The lowest BCUT2D eigenvalue weighted by molar-refractivity contribution is -0.139. The number of nitrogens with zero attached hydrogens (tertiary/aromatic N) is 1. The number of anilines is 1. The van der Waals surface area contributed by atoms with E-state index in [-0.39, 0.29) is 17.3 Å². The average molecular weight is 364 g/mol. The first-order valence-corrected chi connectivity index (χ1v) is 8.44. The molecule has 2 rings (SSSR count). The summed E-state index contributed by atoms with van der Waals surface area (Å²) in [4.78, 5) is -0.819. The molecule has 0 bridgehead atoms. The lowest BCUT2D eigenvalue weighted by Crippen LogP contribution is -2.32. The zero-order chi connectivity index (χ0) is 17.3. The number of hydrogen-bond donors (Lipinski definition) is 0. The Morgan fingerprint density at radius 3 is 2.22 bits per heavy atom. The van der Waals surface area contributed by atoms with Crippen molar-refractivity contribution in [1.29, 1.82) is 0 Å². The minimum Gasteiger partial charge on any atom is -0.267 e. The van der Waals surface area contributed by atoms with Crippen LogP contribution in [0.1, 0.15) is 12.5 Å². The molecule has 0 aliphatic carbocycles. The van der Waals surface area contributed by atoms with Crippen molar-refractivity contribution in [2.45, 2.75) is 18.0 Å². The predicted octanol–water partition coefficient (Wildman–Crippen LogP) is 4.57. The van der Waals surface area contributed by atoms with Crippen LogP contribution in [-0.4, -0.2) is 15.0 Å². The Labute approximate surface area is 137 Å². The smallest absolute Gasteiger partial charge is 0.267 e. The third kappa shape index (κ3) is 3.61. The molecule has 0 aliphatic rings. The van der Waals surface area contributed by atoms with Crippen LogP contribution >= 0.6 is 11.6 Å². The normalized spacial score (nSPS) is 12.2. The van der Waals surface area contributed by atoms with E-state index >= 15 is 0 Å². The fourth-order valence-corrected chi connectivity index (χ4v) is 3.99. The Kier molecular flexibility index (Phi) is 4.91. The summed E-state index contributed by atoms with van der Waals surface area (Å²) in [6.45, 7) is 1.54. The van der Waals surface area contributed by atoms with E-state index in [0.29, 0.717) is 6.07 Å². The van der Waals surface area contributed by atoms with Crippen molar-refractivity contribution in [3.8, 4) is 0 Å². The van der Waals surface area contributed by atoms with E-state index in [9.17, 15) is 21.6 Å². The zero-order valence-electron chi connectivity index (χ0n) is 12.0. The maximum atomic E-state index is 13.2. The molecule has 0 amide bonds. The maximum Gasteiger partial charge on any atom is 0.417 e. The first-order chi connectivity index (χ1) is 10.7. The number of para-hydroxylation sites is 1. The molecule has 0 aromatic heterocycles. The molecule has 2 aromatic rings. The van der Waals surface area contributed by atoms with E-state index < -0.39 is 26.7 Å². The quantitative estimate of drug-likeness (QED) is 0.797. The predicted molar refractivity (Wildman–Crippen MR) is 83.1 cm³/mol. The summed E-state index contributed by atoms with van der Waals surface area (Å²) < 4.78 is 65.9. The molecule has 0 radical (unpaired) electrons. The van der Waals surface area contributed by atoms with E-state index in [1.54, 1.807) is 25.1 Å². The van der Waals surface area contributed by atoms with Gasteiger partial charge in [0.05, 0.1) is 16.1 Å². The van der Waals surface area contributed by atoms with Gasteiger partial charge < -0.3 is 0 Å². The first-order valence-electron chi connectivity index (χ1n) is 6.62. The molecule has 124 valence electrons. The van der Waals surface area contributed by atoms with Gasteiger partial charge >= 0.3 is 6.18 Å². The Morgan fingerprint density at radius 1 is 1.09 bits per heavy atom. The summed E-state index contributed by atoms with van der Waals surface area (Å²) in [6, 6.07) is 10.6. The average Bonchev–Trinajstić information content (AvgIpc) is 2.47. The lowest BCUT2D eigenvalue weighted by Gasteiger charge is -2.24. The number of halogens is 4. The topological polar surface area (TPSA) is 37.4 Å². The molecule has 0 aliphatic heterocycles.